The summed E-state index contributed by atoms with van der Waals surface area (Å²) in [6.45, 7) is 0. The van der Waals surface area contributed by atoms with Crippen LogP contribution >= 0.6 is 39.1 Å². The van der Waals surface area contributed by atoms with Crippen molar-refractivity contribution in [2.24, 2.45) is 0 Å². The van der Waals surface area contributed by atoms with Gasteiger partial charge in [0.15, 0.2) is 6.29 Å². The number of halogens is 3. The molecule has 0 spiro atoms. The molecule has 0 unspecified atom stereocenters. The number of para-hydroxylation sites is 1. The minimum absolute atomic E-state index is 0.542. The number of nitrogens with one attached hydrogen (secondary N) is 1. The Labute approximate surface area is 133 Å². The Hall–Kier alpha value is -1.29. The second-order valence-corrected chi connectivity index (χ2v) is 6.02. The van der Waals surface area contributed by atoms with Crippen molar-refractivity contribution in [1.82, 2.24) is 4.98 Å². The fraction of sp³-hybridized carbons (Fsp3) is 0. The molecule has 2 nitrogen and oxygen atoms in total. The molecule has 3 rings (SSSR count). The number of aldehydes is 1. The first-order valence-electron chi connectivity index (χ1n) is 5.82. The average Bonchev–Trinajstić information content (AvgIpc) is 2.81. The maximum atomic E-state index is 11.5. The molecule has 1 N–H and O–H groups in total. The van der Waals surface area contributed by atoms with E-state index in [0.29, 0.717) is 26.9 Å². The van der Waals surface area contributed by atoms with Gasteiger partial charge in [-0.25, -0.2) is 0 Å². The Morgan fingerprint density at radius 1 is 1.15 bits per heavy atom. The Morgan fingerprint density at radius 3 is 2.70 bits per heavy atom. The summed E-state index contributed by atoms with van der Waals surface area (Å²) in [5.41, 5.74) is 2.82. The van der Waals surface area contributed by atoms with Gasteiger partial charge in [0, 0.05) is 26.0 Å². The number of fused-ring (bicyclic) bond motifs is 1. The smallest absolute Gasteiger partial charge is 0.152 e. The molecule has 0 bridgehead atoms. The van der Waals surface area contributed by atoms with Crippen molar-refractivity contribution in [2.75, 3.05) is 0 Å². The van der Waals surface area contributed by atoms with E-state index in [1.54, 1.807) is 18.2 Å². The van der Waals surface area contributed by atoms with Crippen LogP contribution in [-0.2, 0) is 0 Å². The second kappa shape index (κ2) is 5.24. The van der Waals surface area contributed by atoms with Crippen LogP contribution in [0, 0.1) is 0 Å². The van der Waals surface area contributed by atoms with Gasteiger partial charge in [-0.2, -0.15) is 0 Å². The van der Waals surface area contributed by atoms with Crippen LogP contribution in [0.5, 0.6) is 0 Å². The van der Waals surface area contributed by atoms with Gasteiger partial charge >= 0.3 is 0 Å². The van der Waals surface area contributed by atoms with Crippen LogP contribution < -0.4 is 0 Å². The van der Waals surface area contributed by atoms with E-state index in [0.717, 1.165) is 21.7 Å². The van der Waals surface area contributed by atoms with Gasteiger partial charge in [-0.3, -0.25) is 4.79 Å². The number of aromatic nitrogens is 1. The molecule has 0 aliphatic heterocycles. The molecule has 5 heteroatoms. The highest BCUT2D eigenvalue weighted by Crippen LogP contribution is 2.36. The molecule has 0 amide bonds. The maximum absolute atomic E-state index is 11.5. The van der Waals surface area contributed by atoms with Crippen LogP contribution in [-0.4, -0.2) is 11.3 Å². The van der Waals surface area contributed by atoms with Crippen LogP contribution in [0.15, 0.2) is 40.9 Å². The summed E-state index contributed by atoms with van der Waals surface area (Å²) in [6, 6.07) is 10.9. The third kappa shape index (κ3) is 2.16. The molecule has 0 atom stereocenters. The monoisotopic (exact) mass is 367 g/mol. The summed E-state index contributed by atoms with van der Waals surface area (Å²) in [5, 5.41) is 1.96. The fourth-order valence-electron chi connectivity index (χ4n) is 2.23. The van der Waals surface area contributed by atoms with Crippen molar-refractivity contribution in [1.29, 1.82) is 0 Å². The van der Waals surface area contributed by atoms with Crippen LogP contribution in [0.25, 0.3) is 22.2 Å². The van der Waals surface area contributed by atoms with Crippen molar-refractivity contribution < 1.29 is 4.79 Å². The van der Waals surface area contributed by atoms with Gasteiger partial charge in [0.25, 0.3) is 0 Å². The predicted octanol–water partition coefficient (Wildman–Crippen LogP) is 5.72. The lowest BCUT2D eigenvalue weighted by molar-refractivity contribution is 0.112. The Bertz CT molecular complexity index is 826. The molecule has 20 heavy (non-hydrogen) atoms. The summed E-state index contributed by atoms with van der Waals surface area (Å²) in [7, 11) is 0. The summed E-state index contributed by atoms with van der Waals surface area (Å²) < 4.78 is 0.891. The maximum Gasteiger partial charge on any atom is 0.152 e. The summed E-state index contributed by atoms with van der Waals surface area (Å²) >= 11 is 15.7. The van der Waals surface area contributed by atoms with E-state index in [1.165, 1.54) is 0 Å². The van der Waals surface area contributed by atoms with Crippen molar-refractivity contribution in [3.63, 3.8) is 0 Å². The van der Waals surface area contributed by atoms with Crippen LogP contribution in [0.1, 0.15) is 10.4 Å². The highest BCUT2D eigenvalue weighted by Gasteiger charge is 2.16. The number of benzene rings is 2. The van der Waals surface area contributed by atoms with Gasteiger partial charge in [0.2, 0.25) is 0 Å². The highest BCUT2D eigenvalue weighted by molar-refractivity contribution is 9.10. The average molecular weight is 369 g/mol. The Kier molecular flexibility index (Phi) is 3.59. The van der Waals surface area contributed by atoms with Crippen LogP contribution in [0.3, 0.4) is 0 Å². The molecule has 1 heterocycles. The number of carbonyl (C=O) groups excluding carboxylic acids is 1. The lowest BCUT2D eigenvalue weighted by atomic mass is 10.1. The molecule has 3 aromatic rings. The first kappa shape index (κ1) is 13.7. The topological polar surface area (TPSA) is 32.9 Å². The van der Waals surface area contributed by atoms with Gasteiger partial charge in [0.1, 0.15) is 0 Å². The van der Waals surface area contributed by atoms with Gasteiger partial charge in [0.05, 0.1) is 16.2 Å². The van der Waals surface area contributed by atoms with Gasteiger partial charge in [-0.1, -0.05) is 35.3 Å². The zero-order chi connectivity index (χ0) is 14.3. The quantitative estimate of drug-likeness (QED) is 0.576. The summed E-state index contributed by atoms with van der Waals surface area (Å²) in [5.74, 6) is 0. The minimum atomic E-state index is 0.542. The molecule has 1 aromatic heterocycles. The first-order valence-corrected chi connectivity index (χ1v) is 7.37. The first-order chi connectivity index (χ1) is 9.61. The van der Waals surface area contributed by atoms with Crippen molar-refractivity contribution in [2.45, 2.75) is 0 Å². The van der Waals surface area contributed by atoms with Gasteiger partial charge < -0.3 is 4.98 Å². The molecule has 100 valence electrons. The molecular formula is C15H8BrCl2NO. The Morgan fingerprint density at radius 2 is 1.95 bits per heavy atom. The summed E-state index contributed by atoms with van der Waals surface area (Å²) in [6.07, 6.45) is 0.831. The van der Waals surface area contributed by atoms with E-state index < -0.39 is 0 Å². The van der Waals surface area contributed by atoms with E-state index in [2.05, 4.69) is 20.9 Å². The number of hydrogen-bond donors (Lipinski definition) is 1. The van der Waals surface area contributed by atoms with Crippen molar-refractivity contribution in [3.8, 4) is 11.3 Å². The Balaban J connectivity index is 2.39. The van der Waals surface area contributed by atoms with E-state index >= 15 is 0 Å². The zero-order valence-electron chi connectivity index (χ0n) is 10.1. The number of hydrogen-bond acceptors (Lipinski definition) is 1. The lowest BCUT2D eigenvalue weighted by Crippen LogP contribution is -1.86. The molecule has 0 radical (unpaired) electrons. The van der Waals surface area contributed by atoms with E-state index in [4.69, 9.17) is 23.2 Å². The van der Waals surface area contributed by atoms with E-state index in [-0.39, 0.29) is 0 Å². The number of aromatic amines is 1. The molecule has 0 saturated carbocycles. The van der Waals surface area contributed by atoms with Gasteiger partial charge in [-0.05, 0) is 40.2 Å². The van der Waals surface area contributed by atoms with Crippen molar-refractivity contribution in [3.05, 3.63) is 56.5 Å². The third-order valence-electron chi connectivity index (χ3n) is 3.14. The molecule has 0 fully saturated rings. The number of rotatable bonds is 2. The molecular weight excluding hydrogens is 361 g/mol. The molecule has 0 aliphatic rings. The van der Waals surface area contributed by atoms with Crippen LogP contribution in [0.4, 0.5) is 0 Å². The fourth-order valence-corrected chi connectivity index (χ4v) is 3.08. The predicted molar refractivity (Wildman–Crippen MR) is 86.8 cm³/mol. The SMILES string of the molecule is O=Cc1c(-c2cc(Cl)ccc2Cl)[nH]c2c(Br)cccc12. The summed E-state index contributed by atoms with van der Waals surface area (Å²) in [4.78, 5) is 14.7. The standard InChI is InChI=1S/C15H8BrCl2NO/c16-12-3-1-2-9-11(7-20)14(19-15(9)12)10-6-8(17)4-5-13(10)18/h1-7,19H. The zero-order valence-corrected chi connectivity index (χ0v) is 13.2. The van der Waals surface area contributed by atoms with Gasteiger partial charge in [-0.15, -0.1) is 0 Å². The normalized spacial score (nSPS) is 10.9. The number of H-pyrrole nitrogens is 1. The minimum Gasteiger partial charge on any atom is -0.353 e. The molecule has 0 aliphatic carbocycles. The van der Waals surface area contributed by atoms with Crippen molar-refractivity contribution >= 4 is 56.3 Å². The highest BCUT2D eigenvalue weighted by atomic mass is 79.9. The van der Waals surface area contributed by atoms with E-state index in [1.807, 2.05) is 18.2 Å². The molecule has 2 aromatic carbocycles. The number of carbonyl (C=O) groups is 1. The lowest BCUT2D eigenvalue weighted by Gasteiger charge is -2.03. The second-order valence-electron chi connectivity index (χ2n) is 4.32. The van der Waals surface area contributed by atoms with E-state index in [9.17, 15) is 4.79 Å². The largest absolute Gasteiger partial charge is 0.353 e. The molecule has 0 saturated heterocycles. The van der Waals surface area contributed by atoms with Crippen LogP contribution in [0.2, 0.25) is 10.0 Å². The third-order valence-corrected chi connectivity index (χ3v) is 4.36.